The quantitative estimate of drug-likeness (QED) is 0.470. The maximum absolute atomic E-state index is 12.5. The van der Waals surface area contributed by atoms with Crippen molar-refractivity contribution in [3.05, 3.63) is 54.1 Å². The molecule has 1 aliphatic rings. The number of carbonyl (C=O) groups is 1. The third-order valence-electron chi connectivity index (χ3n) is 4.90. The Bertz CT molecular complexity index is 938. The van der Waals surface area contributed by atoms with Crippen molar-refractivity contribution in [3.8, 4) is 5.75 Å². The molecule has 0 aliphatic carbocycles. The molecule has 1 N–H and O–H groups in total. The molecule has 1 fully saturated rings. The smallest absolute Gasteiger partial charge is 0.243 e. The number of rotatable bonds is 9. The van der Waals surface area contributed by atoms with Gasteiger partial charge in [-0.2, -0.15) is 4.31 Å². The van der Waals surface area contributed by atoms with Gasteiger partial charge in [-0.3, -0.25) is 4.79 Å². The van der Waals surface area contributed by atoms with Gasteiger partial charge in [0.2, 0.25) is 15.9 Å². The molecule has 3 rings (SSSR count). The minimum atomic E-state index is -3.41. The number of nitrogens with zero attached hydrogens (tertiary/aromatic N) is 1. The minimum Gasteiger partial charge on any atom is -0.492 e. The van der Waals surface area contributed by atoms with Gasteiger partial charge in [-0.05, 0) is 63.1 Å². The van der Waals surface area contributed by atoms with E-state index < -0.39 is 10.0 Å². The van der Waals surface area contributed by atoms with Crippen LogP contribution in [0.5, 0.6) is 5.75 Å². The summed E-state index contributed by atoms with van der Waals surface area (Å²) >= 11 is 1.52. The molecule has 1 amide bonds. The number of aryl methyl sites for hydroxylation is 1. The number of benzene rings is 2. The van der Waals surface area contributed by atoms with Crippen LogP contribution in [0.4, 0.5) is 0 Å². The standard InChI is InChI=1S/C22H28N2O4S2/c1-17-5-9-20(10-6-17)29-18(2)22(25)23-13-16-28-19-7-11-21(12-8-19)30(26,27)24-14-3-4-15-24/h5-12,18H,3-4,13-16H2,1-2H3,(H,23,25)/t18-/m0/s1. The third kappa shape index (κ3) is 6.00. The molecule has 0 radical (unpaired) electrons. The fraction of sp³-hybridized carbons (Fsp3) is 0.409. The van der Waals surface area contributed by atoms with Crippen molar-refractivity contribution in [2.45, 2.75) is 41.7 Å². The first-order valence-electron chi connectivity index (χ1n) is 10.1. The first-order valence-corrected chi connectivity index (χ1v) is 12.4. The van der Waals surface area contributed by atoms with Gasteiger partial charge in [-0.25, -0.2) is 8.42 Å². The summed E-state index contributed by atoms with van der Waals surface area (Å²) in [6.45, 7) is 5.77. The van der Waals surface area contributed by atoms with Gasteiger partial charge in [0.1, 0.15) is 12.4 Å². The minimum absolute atomic E-state index is 0.0452. The number of thioether (sulfide) groups is 1. The fourth-order valence-corrected chi connectivity index (χ4v) is 5.56. The second kappa shape index (κ2) is 10.3. The van der Waals surface area contributed by atoms with Crippen molar-refractivity contribution in [2.24, 2.45) is 0 Å². The van der Waals surface area contributed by atoms with Gasteiger partial charge in [0.15, 0.2) is 0 Å². The molecule has 8 heteroatoms. The summed E-state index contributed by atoms with van der Waals surface area (Å²) in [7, 11) is -3.41. The molecule has 2 aromatic rings. The van der Waals surface area contributed by atoms with E-state index in [1.165, 1.54) is 21.6 Å². The largest absolute Gasteiger partial charge is 0.492 e. The van der Waals surface area contributed by atoms with Crippen LogP contribution in [0.3, 0.4) is 0 Å². The Hall–Kier alpha value is -2.03. The number of hydrogen-bond acceptors (Lipinski definition) is 5. The van der Waals surface area contributed by atoms with Gasteiger partial charge in [0, 0.05) is 18.0 Å². The molecule has 2 aromatic carbocycles. The van der Waals surface area contributed by atoms with E-state index in [0.717, 1.165) is 17.7 Å². The lowest BCUT2D eigenvalue weighted by Gasteiger charge is -2.16. The van der Waals surface area contributed by atoms with Gasteiger partial charge >= 0.3 is 0 Å². The van der Waals surface area contributed by atoms with Gasteiger partial charge in [0.05, 0.1) is 16.7 Å². The second-order valence-corrected chi connectivity index (χ2v) is 10.6. The Labute approximate surface area is 183 Å². The molecular weight excluding hydrogens is 420 g/mol. The lowest BCUT2D eigenvalue weighted by Crippen LogP contribution is -2.33. The topological polar surface area (TPSA) is 75.7 Å². The Balaban J connectivity index is 1.41. The van der Waals surface area contributed by atoms with Crippen molar-refractivity contribution in [1.82, 2.24) is 9.62 Å². The van der Waals surface area contributed by atoms with E-state index in [-0.39, 0.29) is 16.1 Å². The number of ether oxygens (including phenoxy) is 1. The number of amides is 1. The zero-order valence-electron chi connectivity index (χ0n) is 17.3. The van der Waals surface area contributed by atoms with Crippen molar-refractivity contribution in [3.63, 3.8) is 0 Å². The first kappa shape index (κ1) is 22.7. The molecule has 0 spiro atoms. The monoisotopic (exact) mass is 448 g/mol. The lowest BCUT2D eigenvalue weighted by atomic mass is 10.2. The van der Waals surface area contributed by atoms with Crippen LogP contribution >= 0.6 is 11.8 Å². The molecular formula is C22H28N2O4S2. The highest BCUT2D eigenvalue weighted by atomic mass is 32.2. The summed E-state index contributed by atoms with van der Waals surface area (Å²) in [6.07, 6.45) is 1.82. The molecule has 0 unspecified atom stereocenters. The molecule has 1 saturated heterocycles. The summed E-state index contributed by atoms with van der Waals surface area (Å²) in [4.78, 5) is 13.6. The molecule has 1 atom stereocenters. The first-order chi connectivity index (χ1) is 14.4. The van der Waals surface area contributed by atoms with E-state index in [0.29, 0.717) is 32.0 Å². The molecule has 0 saturated carbocycles. The van der Waals surface area contributed by atoms with E-state index in [1.807, 2.05) is 38.1 Å². The summed E-state index contributed by atoms with van der Waals surface area (Å²) < 4.78 is 32.2. The zero-order chi connectivity index (χ0) is 21.6. The molecule has 162 valence electrons. The maximum atomic E-state index is 12.5. The summed E-state index contributed by atoms with van der Waals surface area (Å²) in [6, 6.07) is 14.5. The Morgan fingerprint density at radius 3 is 2.37 bits per heavy atom. The number of nitrogens with one attached hydrogen (secondary N) is 1. The van der Waals surface area contributed by atoms with Crippen molar-refractivity contribution in [2.75, 3.05) is 26.2 Å². The fourth-order valence-electron chi connectivity index (χ4n) is 3.15. The SMILES string of the molecule is Cc1ccc(S[C@@H](C)C(=O)NCCOc2ccc(S(=O)(=O)N3CCCC3)cc2)cc1. The third-order valence-corrected chi connectivity index (χ3v) is 7.92. The predicted octanol–water partition coefficient (Wildman–Crippen LogP) is 3.46. The molecule has 1 heterocycles. The van der Waals surface area contributed by atoms with Crippen LogP contribution in [-0.2, 0) is 14.8 Å². The average molecular weight is 449 g/mol. The van der Waals surface area contributed by atoms with Crippen LogP contribution in [-0.4, -0.2) is 50.1 Å². The van der Waals surface area contributed by atoms with Crippen LogP contribution in [0.15, 0.2) is 58.3 Å². The average Bonchev–Trinajstić information content (AvgIpc) is 3.29. The van der Waals surface area contributed by atoms with Crippen molar-refractivity contribution >= 4 is 27.7 Å². The van der Waals surface area contributed by atoms with E-state index in [9.17, 15) is 13.2 Å². The van der Waals surface area contributed by atoms with Crippen LogP contribution < -0.4 is 10.1 Å². The number of carbonyl (C=O) groups excluding carboxylic acids is 1. The second-order valence-electron chi connectivity index (χ2n) is 7.30. The zero-order valence-corrected chi connectivity index (χ0v) is 19.0. The van der Waals surface area contributed by atoms with Gasteiger partial charge in [0.25, 0.3) is 0 Å². The van der Waals surface area contributed by atoms with Gasteiger partial charge in [-0.15, -0.1) is 11.8 Å². The van der Waals surface area contributed by atoms with Gasteiger partial charge < -0.3 is 10.1 Å². The van der Waals surface area contributed by atoms with Crippen LogP contribution in [0.1, 0.15) is 25.3 Å². The van der Waals surface area contributed by atoms with Crippen molar-refractivity contribution in [1.29, 1.82) is 0 Å². The molecule has 0 aromatic heterocycles. The Morgan fingerprint density at radius 2 is 1.73 bits per heavy atom. The van der Waals surface area contributed by atoms with E-state index in [4.69, 9.17) is 4.74 Å². The van der Waals surface area contributed by atoms with Gasteiger partial charge in [-0.1, -0.05) is 17.7 Å². The van der Waals surface area contributed by atoms with Crippen LogP contribution in [0.25, 0.3) is 0 Å². The number of hydrogen-bond donors (Lipinski definition) is 1. The summed E-state index contributed by atoms with van der Waals surface area (Å²) in [5.74, 6) is 0.530. The Kier molecular flexibility index (Phi) is 7.80. The van der Waals surface area contributed by atoms with Crippen molar-refractivity contribution < 1.29 is 17.9 Å². The predicted molar refractivity (Wildman–Crippen MR) is 119 cm³/mol. The summed E-state index contributed by atoms with van der Waals surface area (Å²) in [5, 5.41) is 2.66. The van der Waals surface area contributed by atoms with E-state index in [1.54, 1.807) is 24.3 Å². The molecule has 0 bridgehead atoms. The lowest BCUT2D eigenvalue weighted by molar-refractivity contribution is -0.120. The van der Waals surface area contributed by atoms with Crippen LogP contribution in [0, 0.1) is 6.92 Å². The highest BCUT2D eigenvalue weighted by molar-refractivity contribution is 8.00. The number of sulfonamides is 1. The highest BCUT2D eigenvalue weighted by Gasteiger charge is 2.26. The van der Waals surface area contributed by atoms with E-state index in [2.05, 4.69) is 5.32 Å². The molecule has 1 aliphatic heterocycles. The Morgan fingerprint density at radius 1 is 1.10 bits per heavy atom. The summed E-state index contributed by atoms with van der Waals surface area (Å²) in [5.41, 5.74) is 1.19. The normalized spacial score (nSPS) is 15.7. The van der Waals surface area contributed by atoms with E-state index >= 15 is 0 Å². The molecule has 6 nitrogen and oxygen atoms in total. The van der Waals surface area contributed by atoms with Crippen LogP contribution in [0.2, 0.25) is 0 Å². The highest BCUT2D eigenvalue weighted by Crippen LogP contribution is 2.24. The molecule has 30 heavy (non-hydrogen) atoms. The maximum Gasteiger partial charge on any atom is 0.243 e.